The zero-order chi connectivity index (χ0) is 27.4. The Balaban J connectivity index is 1.91. The maximum atomic E-state index is 14.3. The number of hydrogen-bond acceptors (Lipinski definition) is 8. The normalized spacial score (nSPS) is 20.9. The van der Waals surface area contributed by atoms with Crippen molar-refractivity contribution in [2.75, 3.05) is 27.4 Å². The van der Waals surface area contributed by atoms with E-state index in [4.69, 9.17) is 18.9 Å². The van der Waals surface area contributed by atoms with Crippen molar-refractivity contribution in [3.8, 4) is 11.5 Å². The third-order valence-electron chi connectivity index (χ3n) is 7.00. The molecule has 0 fully saturated rings. The molecular formula is C30H33NO7. The summed E-state index contributed by atoms with van der Waals surface area (Å²) in [6, 6.07) is 14.6. The average molecular weight is 520 g/mol. The average Bonchev–Trinajstić information content (AvgIpc) is 2.92. The molecule has 3 atom stereocenters. The van der Waals surface area contributed by atoms with Crippen molar-refractivity contribution in [1.82, 2.24) is 5.32 Å². The molecule has 38 heavy (non-hydrogen) atoms. The minimum Gasteiger partial charge on any atom is -0.497 e. The Labute approximate surface area is 222 Å². The molecule has 0 amide bonds. The largest absolute Gasteiger partial charge is 0.497 e. The Kier molecular flexibility index (Phi) is 8.20. The molecule has 2 aromatic rings. The lowest BCUT2D eigenvalue weighted by molar-refractivity contribution is -0.152. The van der Waals surface area contributed by atoms with Crippen LogP contribution in [0, 0.1) is 5.92 Å². The topological polar surface area (TPSA) is 100 Å². The minimum atomic E-state index is -1.09. The van der Waals surface area contributed by atoms with Crippen molar-refractivity contribution in [2.45, 2.75) is 39.0 Å². The quantitative estimate of drug-likeness (QED) is 0.404. The lowest BCUT2D eigenvalue weighted by Gasteiger charge is -2.39. The summed E-state index contributed by atoms with van der Waals surface area (Å²) in [7, 11) is 3.13. The van der Waals surface area contributed by atoms with Gasteiger partial charge in [0.25, 0.3) is 0 Å². The van der Waals surface area contributed by atoms with Gasteiger partial charge in [0.2, 0.25) is 0 Å². The predicted octanol–water partition coefficient (Wildman–Crippen LogP) is 4.42. The predicted molar refractivity (Wildman–Crippen MR) is 141 cm³/mol. The Morgan fingerprint density at radius 3 is 2.13 bits per heavy atom. The number of methoxy groups -OCH3 is 2. The maximum Gasteiger partial charge on any atom is 0.336 e. The Hall–Kier alpha value is -4.07. The van der Waals surface area contributed by atoms with Crippen molar-refractivity contribution in [3.63, 3.8) is 0 Å². The molecule has 8 nitrogen and oxygen atoms in total. The van der Waals surface area contributed by atoms with Crippen LogP contribution in [0.2, 0.25) is 0 Å². The van der Waals surface area contributed by atoms with Gasteiger partial charge >= 0.3 is 11.9 Å². The van der Waals surface area contributed by atoms with Crippen LogP contribution >= 0.6 is 0 Å². The van der Waals surface area contributed by atoms with Crippen LogP contribution in [0.5, 0.6) is 11.5 Å². The van der Waals surface area contributed by atoms with Crippen LogP contribution in [0.4, 0.5) is 0 Å². The third-order valence-corrected chi connectivity index (χ3v) is 7.00. The van der Waals surface area contributed by atoms with Gasteiger partial charge in [-0.2, -0.15) is 0 Å². The number of hydrogen-bond donors (Lipinski definition) is 1. The van der Waals surface area contributed by atoms with Crippen LogP contribution in [0.15, 0.2) is 71.1 Å². The lowest BCUT2D eigenvalue weighted by atomic mass is 9.67. The maximum absolute atomic E-state index is 14.3. The SMILES string of the molecule is CCOC(=O)C1=C(C)NC2=C(C(=O)[C@H](C(=O)OCC)[C@H](c3cccc(OC)c3)C2)[C@H]1c1cccc(OC)c1. The molecule has 0 bridgehead atoms. The highest BCUT2D eigenvalue weighted by atomic mass is 16.5. The van der Waals surface area contributed by atoms with E-state index in [0.717, 1.165) is 5.56 Å². The number of ether oxygens (including phenoxy) is 4. The molecule has 4 rings (SSSR count). The first-order chi connectivity index (χ1) is 18.3. The molecule has 2 aromatic carbocycles. The molecule has 1 N–H and O–H groups in total. The van der Waals surface area contributed by atoms with Gasteiger partial charge in [-0.25, -0.2) is 4.79 Å². The molecule has 2 aliphatic rings. The first-order valence-corrected chi connectivity index (χ1v) is 12.7. The smallest absolute Gasteiger partial charge is 0.336 e. The standard InChI is InChI=1S/C30H33NO7/c1-6-37-29(33)24-17(3)31-23-16-22(18-10-8-12-20(14-18)35-4)26(30(34)38-7-2)28(32)27(23)25(24)19-11-9-13-21(15-19)36-5/h8-15,22,25-26,31H,6-7,16H2,1-5H3/t22-,25-,26+/m0/s1. The van der Waals surface area contributed by atoms with Crippen LogP contribution in [-0.2, 0) is 23.9 Å². The second-order valence-corrected chi connectivity index (χ2v) is 9.17. The summed E-state index contributed by atoms with van der Waals surface area (Å²) in [6.07, 6.45) is 0.367. The Morgan fingerprint density at radius 2 is 1.53 bits per heavy atom. The minimum absolute atomic E-state index is 0.143. The van der Waals surface area contributed by atoms with Crippen LogP contribution in [0.1, 0.15) is 50.2 Å². The van der Waals surface area contributed by atoms with Crippen molar-refractivity contribution >= 4 is 17.7 Å². The summed E-state index contributed by atoms with van der Waals surface area (Å²) in [6.45, 7) is 5.57. The van der Waals surface area contributed by atoms with E-state index in [-0.39, 0.29) is 19.0 Å². The van der Waals surface area contributed by atoms with Crippen LogP contribution in [0.25, 0.3) is 0 Å². The number of allylic oxidation sites excluding steroid dienone is 3. The molecule has 8 heteroatoms. The number of Topliss-reactive ketones (excluding diaryl/α,β-unsaturated/α-hetero) is 1. The number of benzene rings is 2. The zero-order valence-electron chi connectivity index (χ0n) is 22.3. The monoisotopic (exact) mass is 519 g/mol. The summed E-state index contributed by atoms with van der Waals surface area (Å²) < 4.78 is 21.6. The molecule has 0 saturated heterocycles. The van der Waals surface area contributed by atoms with E-state index in [9.17, 15) is 14.4 Å². The molecule has 200 valence electrons. The number of esters is 2. The number of ketones is 1. The molecule has 0 aromatic heterocycles. The van der Waals surface area contributed by atoms with Gasteiger partial charge < -0.3 is 24.3 Å². The molecule has 1 aliphatic carbocycles. The zero-order valence-corrected chi connectivity index (χ0v) is 22.3. The van der Waals surface area contributed by atoms with Crippen molar-refractivity contribution in [1.29, 1.82) is 0 Å². The van der Waals surface area contributed by atoms with Gasteiger partial charge in [-0.1, -0.05) is 24.3 Å². The summed E-state index contributed by atoms with van der Waals surface area (Å²) in [5.41, 5.74) is 3.44. The van der Waals surface area contributed by atoms with Gasteiger partial charge in [0.1, 0.15) is 17.4 Å². The summed E-state index contributed by atoms with van der Waals surface area (Å²) in [5.74, 6) is -2.59. The van der Waals surface area contributed by atoms with E-state index in [1.807, 2.05) is 36.4 Å². The van der Waals surface area contributed by atoms with Gasteiger partial charge in [-0.05, 0) is 62.6 Å². The van der Waals surface area contributed by atoms with E-state index in [2.05, 4.69) is 5.32 Å². The summed E-state index contributed by atoms with van der Waals surface area (Å²) in [5, 5.41) is 3.31. The molecule has 1 heterocycles. The van der Waals surface area contributed by atoms with E-state index < -0.39 is 29.7 Å². The number of dihydropyridines is 1. The Morgan fingerprint density at radius 1 is 0.921 bits per heavy atom. The van der Waals surface area contributed by atoms with Crippen molar-refractivity contribution in [3.05, 3.63) is 82.2 Å². The van der Waals surface area contributed by atoms with E-state index in [1.54, 1.807) is 47.1 Å². The van der Waals surface area contributed by atoms with Crippen molar-refractivity contribution < 1.29 is 33.3 Å². The highest BCUT2D eigenvalue weighted by molar-refractivity contribution is 6.13. The molecule has 0 saturated carbocycles. The number of carbonyl (C=O) groups excluding carboxylic acids is 3. The van der Waals surface area contributed by atoms with Gasteiger partial charge in [0.15, 0.2) is 5.78 Å². The van der Waals surface area contributed by atoms with E-state index in [1.165, 1.54) is 0 Å². The number of carbonyl (C=O) groups is 3. The fourth-order valence-corrected chi connectivity index (χ4v) is 5.36. The number of nitrogens with one attached hydrogen (secondary N) is 1. The highest BCUT2D eigenvalue weighted by Crippen LogP contribution is 2.48. The molecule has 0 unspecified atom stereocenters. The van der Waals surface area contributed by atoms with Gasteiger partial charge in [-0.15, -0.1) is 0 Å². The third kappa shape index (κ3) is 5.03. The second kappa shape index (κ2) is 11.5. The fourth-order valence-electron chi connectivity index (χ4n) is 5.36. The molecule has 0 spiro atoms. The highest BCUT2D eigenvalue weighted by Gasteiger charge is 2.49. The fraction of sp³-hybridized carbons (Fsp3) is 0.367. The van der Waals surface area contributed by atoms with Gasteiger partial charge in [0, 0.05) is 28.8 Å². The first-order valence-electron chi connectivity index (χ1n) is 12.7. The van der Waals surface area contributed by atoms with Gasteiger partial charge in [0.05, 0.1) is 33.0 Å². The van der Waals surface area contributed by atoms with Crippen LogP contribution < -0.4 is 14.8 Å². The van der Waals surface area contributed by atoms with Crippen molar-refractivity contribution in [2.24, 2.45) is 5.92 Å². The Bertz CT molecular complexity index is 1310. The lowest BCUT2D eigenvalue weighted by Crippen LogP contribution is -2.43. The molecule has 0 radical (unpaired) electrons. The number of rotatable bonds is 8. The van der Waals surface area contributed by atoms with E-state index in [0.29, 0.717) is 46.0 Å². The summed E-state index contributed by atoms with van der Waals surface area (Å²) in [4.78, 5) is 40.9. The van der Waals surface area contributed by atoms with Gasteiger partial charge in [-0.3, -0.25) is 9.59 Å². The summed E-state index contributed by atoms with van der Waals surface area (Å²) >= 11 is 0. The second-order valence-electron chi connectivity index (χ2n) is 9.17. The van der Waals surface area contributed by atoms with Crippen LogP contribution in [-0.4, -0.2) is 45.2 Å². The van der Waals surface area contributed by atoms with E-state index >= 15 is 0 Å². The first kappa shape index (κ1) is 27.0. The van der Waals surface area contributed by atoms with Crippen LogP contribution in [0.3, 0.4) is 0 Å². The molecular weight excluding hydrogens is 486 g/mol. The molecule has 1 aliphatic heterocycles.